The molecule has 0 aromatic carbocycles. The smallest absolute Gasteiger partial charge is 0.190 e. The lowest BCUT2D eigenvalue weighted by Gasteiger charge is -2.18. The Morgan fingerprint density at radius 2 is 1.56 bits per heavy atom. The van der Waals surface area contributed by atoms with Gasteiger partial charge in [0.15, 0.2) is 0 Å². The van der Waals surface area contributed by atoms with E-state index >= 15 is 0 Å². The summed E-state index contributed by atoms with van der Waals surface area (Å²) in [5, 5.41) is -1.43. The van der Waals surface area contributed by atoms with Crippen molar-refractivity contribution in [2.24, 2.45) is 17.3 Å². The summed E-state index contributed by atoms with van der Waals surface area (Å²) in [7, 11) is 0. The minimum atomic E-state index is -5.64. The summed E-state index contributed by atoms with van der Waals surface area (Å²) in [6.45, 7) is 5.39. The summed E-state index contributed by atoms with van der Waals surface area (Å²) in [4.78, 5) is 0. The van der Waals surface area contributed by atoms with E-state index in [1.807, 2.05) is 0 Å². The van der Waals surface area contributed by atoms with E-state index in [1.165, 1.54) is 0 Å². The van der Waals surface area contributed by atoms with E-state index in [0.29, 0.717) is 0 Å². The standard InChI is InChI=1S/C10H12ClF5/c1-5-6(8(5,2)3)4-7(11)9(12,13)10(14,15)16/h4-6H,1-3H3. The Balaban J connectivity index is 2.88. The molecule has 0 radical (unpaired) electrons. The van der Waals surface area contributed by atoms with Gasteiger partial charge >= 0.3 is 12.1 Å². The number of hydrogen-bond acceptors (Lipinski definition) is 0. The molecule has 2 unspecified atom stereocenters. The van der Waals surface area contributed by atoms with Crippen molar-refractivity contribution < 1.29 is 22.0 Å². The van der Waals surface area contributed by atoms with Crippen molar-refractivity contribution in [3.63, 3.8) is 0 Å². The number of hydrogen-bond donors (Lipinski definition) is 0. The van der Waals surface area contributed by atoms with E-state index in [1.54, 1.807) is 20.8 Å². The van der Waals surface area contributed by atoms with Gasteiger partial charge in [0.1, 0.15) is 0 Å². The van der Waals surface area contributed by atoms with Crippen LogP contribution in [0.4, 0.5) is 22.0 Å². The van der Waals surface area contributed by atoms with Gasteiger partial charge in [0.05, 0.1) is 5.03 Å². The molecule has 0 heterocycles. The molecule has 16 heavy (non-hydrogen) atoms. The fourth-order valence-corrected chi connectivity index (χ4v) is 1.94. The van der Waals surface area contributed by atoms with Gasteiger partial charge < -0.3 is 0 Å². The van der Waals surface area contributed by atoms with Crippen LogP contribution in [0.2, 0.25) is 0 Å². The number of rotatable bonds is 2. The molecule has 0 amide bonds. The number of alkyl halides is 5. The first-order valence-corrected chi connectivity index (χ1v) is 5.12. The molecule has 0 saturated heterocycles. The van der Waals surface area contributed by atoms with Gasteiger partial charge in [-0.2, -0.15) is 22.0 Å². The Morgan fingerprint density at radius 1 is 1.19 bits per heavy atom. The average Bonchev–Trinajstić information content (AvgIpc) is 2.52. The molecule has 94 valence electrons. The van der Waals surface area contributed by atoms with Crippen LogP contribution in [-0.2, 0) is 0 Å². The van der Waals surface area contributed by atoms with E-state index < -0.39 is 17.1 Å². The molecule has 1 aliphatic carbocycles. The third kappa shape index (κ3) is 2.06. The van der Waals surface area contributed by atoms with Gasteiger partial charge in [-0.15, -0.1) is 0 Å². The monoisotopic (exact) mass is 262 g/mol. The van der Waals surface area contributed by atoms with Crippen LogP contribution in [0.1, 0.15) is 20.8 Å². The number of allylic oxidation sites excluding steroid dienone is 2. The van der Waals surface area contributed by atoms with Gasteiger partial charge in [0.25, 0.3) is 0 Å². The molecule has 1 aliphatic rings. The van der Waals surface area contributed by atoms with Crippen LogP contribution in [0.25, 0.3) is 0 Å². The fraction of sp³-hybridized carbons (Fsp3) is 0.800. The Morgan fingerprint density at radius 3 is 1.81 bits per heavy atom. The Hall–Kier alpha value is -0.320. The van der Waals surface area contributed by atoms with Gasteiger partial charge in [-0.05, 0) is 17.3 Å². The summed E-state index contributed by atoms with van der Waals surface area (Å²) in [6, 6.07) is 0. The highest BCUT2D eigenvalue weighted by Gasteiger charge is 2.61. The van der Waals surface area contributed by atoms with Crippen LogP contribution in [0.5, 0.6) is 0 Å². The molecule has 1 rings (SSSR count). The fourth-order valence-electron chi connectivity index (χ4n) is 1.70. The second-order valence-corrected chi connectivity index (χ2v) is 5.13. The van der Waals surface area contributed by atoms with Crippen LogP contribution in [0.15, 0.2) is 11.1 Å². The summed E-state index contributed by atoms with van der Waals surface area (Å²) in [5.74, 6) is -5.22. The van der Waals surface area contributed by atoms with Crippen molar-refractivity contribution in [3.8, 4) is 0 Å². The molecule has 0 bridgehead atoms. The first-order chi connectivity index (χ1) is 6.92. The normalized spacial score (nSPS) is 30.4. The van der Waals surface area contributed by atoms with Gasteiger partial charge in [0, 0.05) is 0 Å². The maximum absolute atomic E-state index is 12.8. The Bertz CT molecular complexity index is 316. The molecular weight excluding hydrogens is 251 g/mol. The predicted octanol–water partition coefficient (Wildman–Crippen LogP) is 4.60. The lowest BCUT2D eigenvalue weighted by Crippen LogP contribution is -2.36. The third-order valence-corrected chi connectivity index (χ3v) is 3.81. The molecule has 6 heteroatoms. The maximum Gasteiger partial charge on any atom is 0.459 e. The zero-order valence-corrected chi connectivity index (χ0v) is 9.76. The topological polar surface area (TPSA) is 0 Å². The highest BCUT2D eigenvalue weighted by molar-refractivity contribution is 6.30. The summed E-state index contributed by atoms with van der Waals surface area (Å²) < 4.78 is 61.4. The van der Waals surface area contributed by atoms with Crippen LogP contribution < -0.4 is 0 Å². The lowest BCUT2D eigenvalue weighted by atomic mass is 10.1. The first-order valence-electron chi connectivity index (χ1n) is 4.74. The van der Waals surface area contributed by atoms with Crippen molar-refractivity contribution in [3.05, 3.63) is 11.1 Å². The minimum Gasteiger partial charge on any atom is -0.190 e. The Labute approximate surface area is 95.5 Å². The molecule has 2 atom stereocenters. The highest BCUT2D eigenvalue weighted by Crippen LogP contribution is 2.60. The molecule has 0 nitrogen and oxygen atoms in total. The Kier molecular flexibility index (Phi) is 3.08. The van der Waals surface area contributed by atoms with Crippen molar-refractivity contribution >= 4 is 11.6 Å². The summed E-state index contributed by atoms with van der Waals surface area (Å²) >= 11 is 5.08. The van der Waals surface area contributed by atoms with Gasteiger partial charge in [-0.3, -0.25) is 0 Å². The molecule has 0 aromatic heterocycles. The van der Waals surface area contributed by atoms with Crippen LogP contribution in [0.3, 0.4) is 0 Å². The maximum atomic E-state index is 12.8. The largest absolute Gasteiger partial charge is 0.459 e. The van der Waals surface area contributed by atoms with Gasteiger partial charge in [0.2, 0.25) is 0 Å². The van der Waals surface area contributed by atoms with Crippen molar-refractivity contribution in [2.45, 2.75) is 32.9 Å². The molecule has 0 aromatic rings. The molecule has 1 saturated carbocycles. The minimum absolute atomic E-state index is 0.0604. The van der Waals surface area contributed by atoms with Crippen LogP contribution in [-0.4, -0.2) is 12.1 Å². The molecule has 0 spiro atoms. The molecule has 1 fully saturated rings. The zero-order valence-electron chi connectivity index (χ0n) is 9.00. The quantitative estimate of drug-likeness (QED) is 0.638. The van der Waals surface area contributed by atoms with Crippen molar-refractivity contribution in [1.29, 1.82) is 0 Å². The molecular formula is C10H12ClF5. The molecule has 0 N–H and O–H groups in total. The summed E-state index contributed by atoms with van der Waals surface area (Å²) in [5.41, 5.74) is -0.262. The second kappa shape index (κ2) is 3.59. The molecule has 0 aliphatic heterocycles. The van der Waals surface area contributed by atoms with E-state index in [9.17, 15) is 22.0 Å². The van der Waals surface area contributed by atoms with Crippen molar-refractivity contribution in [2.75, 3.05) is 0 Å². The SMILES string of the molecule is CC1C(C=C(Cl)C(F)(F)C(F)(F)F)C1(C)C. The van der Waals surface area contributed by atoms with Gasteiger partial charge in [-0.25, -0.2) is 0 Å². The van der Waals surface area contributed by atoms with Gasteiger partial charge in [-0.1, -0.05) is 38.4 Å². The van der Waals surface area contributed by atoms with Crippen LogP contribution >= 0.6 is 11.6 Å². The predicted molar refractivity (Wildman–Crippen MR) is 51.4 cm³/mol. The highest BCUT2D eigenvalue weighted by atomic mass is 35.5. The first kappa shape index (κ1) is 13.7. The van der Waals surface area contributed by atoms with E-state index in [0.717, 1.165) is 6.08 Å². The van der Waals surface area contributed by atoms with E-state index in [-0.39, 0.29) is 17.3 Å². The number of halogens is 6. The third-order valence-electron chi connectivity index (χ3n) is 3.44. The van der Waals surface area contributed by atoms with Crippen LogP contribution in [0, 0.1) is 17.3 Å². The van der Waals surface area contributed by atoms with E-state index in [4.69, 9.17) is 11.6 Å². The zero-order chi connectivity index (χ0) is 12.9. The second-order valence-electron chi connectivity index (χ2n) is 4.72. The van der Waals surface area contributed by atoms with Crippen molar-refractivity contribution in [1.82, 2.24) is 0 Å². The summed E-state index contributed by atoms with van der Waals surface area (Å²) in [6.07, 6.45) is -4.80. The average molecular weight is 263 g/mol. The van der Waals surface area contributed by atoms with E-state index in [2.05, 4.69) is 0 Å². The lowest BCUT2D eigenvalue weighted by molar-refractivity contribution is -0.261.